The lowest BCUT2D eigenvalue weighted by molar-refractivity contribution is 1.17. The molecule has 0 saturated heterocycles. The summed E-state index contributed by atoms with van der Waals surface area (Å²) in [6.45, 7) is 7.20. The lowest BCUT2D eigenvalue weighted by Gasteiger charge is -2.17. The van der Waals surface area contributed by atoms with Gasteiger partial charge in [0, 0.05) is 40.7 Å². The van der Waals surface area contributed by atoms with E-state index in [1.807, 2.05) is 24.7 Å². The average Bonchev–Trinajstić information content (AvgIpc) is 3.18. The molecule has 5 aromatic carbocycles. The van der Waals surface area contributed by atoms with Crippen LogP contribution in [0.15, 0.2) is 164 Å². The molecule has 50 heavy (non-hydrogen) atoms. The third kappa shape index (κ3) is 6.51. The van der Waals surface area contributed by atoms with E-state index in [1.54, 1.807) is 6.33 Å². The fourth-order valence-corrected chi connectivity index (χ4v) is 7.64. The summed E-state index contributed by atoms with van der Waals surface area (Å²) < 4.78 is 0. The van der Waals surface area contributed by atoms with Crippen LogP contribution in [0.3, 0.4) is 0 Å². The number of nitrogens with zero attached hydrogens (tertiary/aromatic N) is 4. The van der Waals surface area contributed by atoms with Gasteiger partial charge in [0.15, 0.2) is 0 Å². The zero-order valence-corrected chi connectivity index (χ0v) is 29.4. The van der Waals surface area contributed by atoms with Crippen LogP contribution in [0.1, 0.15) is 0 Å². The molecule has 0 amide bonds. The molecule has 3 aromatic heterocycles. The van der Waals surface area contributed by atoms with E-state index < -0.39 is 8.07 Å². The van der Waals surface area contributed by atoms with Crippen LogP contribution in [0.4, 0.5) is 0 Å². The second kappa shape index (κ2) is 13.1. The van der Waals surface area contributed by atoms with Crippen LogP contribution < -0.4 is 5.19 Å². The molecule has 4 nitrogen and oxygen atoms in total. The fraction of sp³-hybridized carbons (Fsp3) is 0.0667. The summed E-state index contributed by atoms with van der Waals surface area (Å²) in [5.74, 6) is 0. The van der Waals surface area contributed by atoms with Crippen LogP contribution in [0.2, 0.25) is 19.6 Å². The van der Waals surface area contributed by atoms with E-state index in [0.717, 1.165) is 55.7 Å². The number of rotatable bonds is 7. The zero-order valence-electron chi connectivity index (χ0n) is 28.4. The quantitative estimate of drug-likeness (QED) is 0.160. The van der Waals surface area contributed by atoms with E-state index >= 15 is 0 Å². The minimum absolute atomic E-state index is 0.884. The monoisotopic (exact) mass is 660 g/mol. The number of pyridine rings is 2. The molecule has 0 unspecified atom stereocenters. The van der Waals surface area contributed by atoms with Crippen LogP contribution >= 0.6 is 0 Å². The molecular weight excluding hydrogens is 625 g/mol. The molecular formula is C45H36N4Si. The summed E-state index contributed by atoms with van der Waals surface area (Å²) in [5.41, 5.74) is 14.0. The van der Waals surface area contributed by atoms with Gasteiger partial charge >= 0.3 is 0 Å². The van der Waals surface area contributed by atoms with Crippen molar-refractivity contribution in [2.24, 2.45) is 0 Å². The van der Waals surface area contributed by atoms with Gasteiger partial charge in [-0.3, -0.25) is 4.98 Å². The maximum atomic E-state index is 5.21. The van der Waals surface area contributed by atoms with Gasteiger partial charge in [0.1, 0.15) is 6.33 Å². The molecule has 8 aromatic rings. The van der Waals surface area contributed by atoms with Crippen LogP contribution in [0.5, 0.6) is 0 Å². The second-order valence-corrected chi connectivity index (χ2v) is 18.8. The maximum Gasteiger partial charge on any atom is 0.115 e. The predicted octanol–water partition coefficient (Wildman–Crippen LogP) is 11.0. The molecule has 5 heteroatoms. The first-order chi connectivity index (χ1) is 24.4. The molecule has 0 N–H and O–H groups in total. The molecule has 3 heterocycles. The number of hydrogen-bond acceptors (Lipinski definition) is 4. The van der Waals surface area contributed by atoms with Crippen molar-refractivity contribution in [3.8, 4) is 67.0 Å². The lowest BCUT2D eigenvalue weighted by Crippen LogP contribution is -2.37. The number of benzene rings is 5. The van der Waals surface area contributed by atoms with Gasteiger partial charge in [-0.25, -0.2) is 15.0 Å². The van der Waals surface area contributed by atoms with Crippen molar-refractivity contribution in [1.29, 1.82) is 0 Å². The molecule has 0 bridgehead atoms. The standard InChI is InChI=1S/C45H36N4Si/c1-50(2,3)42-17-7-14-36(25-42)34-12-5-10-32(22-34)31-9-4-11-33(21-31)35-13-6-15-38(23-35)44-26-40(41-28-46-30-47-29-41)27-45(49-44)39-18-19-43-37(24-39)16-8-20-48-43/h4-30H,1-3H3. The van der Waals surface area contributed by atoms with Crippen LogP contribution in [0, 0.1) is 0 Å². The van der Waals surface area contributed by atoms with Crippen molar-refractivity contribution >= 4 is 24.2 Å². The second-order valence-electron chi connectivity index (χ2n) is 13.7. The molecule has 0 radical (unpaired) electrons. The first kappa shape index (κ1) is 31.2. The Kier molecular flexibility index (Phi) is 8.19. The highest BCUT2D eigenvalue weighted by atomic mass is 28.3. The van der Waals surface area contributed by atoms with Gasteiger partial charge in [0.2, 0.25) is 0 Å². The van der Waals surface area contributed by atoms with Crippen LogP contribution in [0.25, 0.3) is 77.9 Å². The molecule has 0 aliphatic heterocycles. The number of fused-ring (bicyclic) bond motifs is 1. The highest BCUT2D eigenvalue weighted by molar-refractivity contribution is 6.88. The third-order valence-corrected chi connectivity index (χ3v) is 11.3. The largest absolute Gasteiger partial charge is 0.256 e. The Hall–Kier alpha value is -6.04. The maximum absolute atomic E-state index is 5.21. The molecule has 8 rings (SSSR count). The van der Waals surface area contributed by atoms with E-state index in [2.05, 4.69) is 168 Å². The molecule has 240 valence electrons. The Balaban J connectivity index is 1.17. The molecule has 0 aliphatic carbocycles. The van der Waals surface area contributed by atoms with Crippen LogP contribution in [-0.4, -0.2) is 28.0 Å². The SMILES string of the molecule is C[Si](C)(C)c1cccc(-c2cccc(-c3cccc(-c4cccc(-c5cc(-c6cncnc6)cc(-c6ccc7ncccc7c6)n5)c4)c3)c2)c1. The molecule has 0 atom stereocenters. The van der Waals surface area contributed by atoms with Crippen molar-refractivity contribution < 1.29 is 0 Å². The van der Waals surface area contributed by atoms with E-state index in [4.69, 9.17) is 4.98 Å². The van der Waals surface area contributed by atoms with Crippen molar-refractivity contribution in [3.05, 3.63) is 164 Å². The summed E-state index contributed by atoms with van der Waals surface area (Å²) in [7, 11) is -1.41. The molecule has 0 fully saturated rings. The Morgan fingerprint density at radius 1 is 0.420 bits per heavy atom. The van der Waals surface area contributed by atoms with Gasteiger partial charge in [-0.1, -0.05) is 116 Å². The van der Waals surface area contributed by atoms with Crippen molar-refractivity contribution in [2.75, 3.05) is 0 Å². The highest BCUT2D eigenvalue weighted by Gasteiger charge is 2.17. The van der Waals surface area contributed by atoms with Crippen molar-refractivity contribution in [3.63, 3.8) is 0 Å². The zero-order chi connectivity index (χ0) is 34.1. The summed E-state index contributed by atoms with van der Waals surface area (Å²) in [5, 5.41) is 2.55. The van der Waals surface area contributed by atoms with Crippen LogP contribution in [-0.2, 0) is 0 Å². The first-order valence-corrected chi connectivity index (χ1v) is 20.4. The van der Waals surface area contributed by atoms with Gasteiger partial charge in [-0.15, -0.1) is 0 Å². The average molecular weight is 661 g/mol. The van der Waals surface area contributed by atoms with Gasteiger partial charge in [-0.05, 0) is 87.5 Å². The smallest absolute Gasteiger partial charge is 0.115 e. The Bertz CT molecular complexity index is 2480. The van der Waals surface area contributed by atoms with E-state index in [1.165, 1.54) is 27.4 Å². The summed E-state index contributed by atoms with van der Waals surface area (Å²) in [6.07, 6.45) is 7.07. The predicted molar refractivity (Wildman–Crippen MR) is 211 cm³/mol. The highest BCUT2D eigenvalue weighted by Crippen LogP contribution is 2.34. The minimum atomic E-state index is -1.41. The summed E-state index contributed by atoms with van der Waals surface area (Å²) in [4.78, 5) is 18.3. The van der Waals surface area contributed by atoms with E-state index in [0.29, 0.717) is 0 Å². The number of aromatic nitrogens is 4. The Morgan fingerprint density at radius 2 is 0.940 bits per heavy atom. The number of hydrogen-bond donors (Lipinski definition) is 0. The first-order valence-electron chi connectivity index (χ1n) is 16.9. The van der Waals surface area contributed by atoms with E-state index in [9.17, 15) is 0 Å². The normalized spacial score (nSPS) is 11.5. The van der Waals surface area contributed by atoms with Gasteiger partial charge in [0.25, 0.3) is 0 Å². The molecule has 0 aliphatic rings. The molecule has 0 saturated carbocycles. The minimum Gasteiger partial charge on any atom is -0.256 e. The van der Waals surface area contributed by atoms with Gasteiger partial charge in [0.05, 0.1) is 25.0 Å². The van der Waals surface area contributed by atoms with Gasteiger partial charge < -0.3 is 0 Å². The van der Waals surface area contributed by atoms with Crippen molar-refractivity contribution in [2.45, 2.75) is 19.6 Å². The topological polar surface area (TPSA) is 51.6 Å². The van der Waals surface area contributed by atoms with Gasteiger partial charge in [-0.2, -0.15) is 0 Å². The summed E-state index contributed by atoms with van der Waals surface area (Å²) in [6, 6.07) is 50.0. The molecule has 0 spiro atoms. The Morgan fingerprint density at radius 3 is 1.54 bits per heavy atom. The summed E-state index contributed by atoms with van der Waals surface area (Å²) >= 11 is 0. The van der Waals surface area contributed by atoms with E-state index in [-0.39, 0.29) is 0 Å². The lowest BCUT2D eigenvalue weighted by atomic mass is 9.95. The fourth-order valence-electron chi connectivity index (χ4n) is 6.46. The van der Waals surface area contributed by atoms with Crippen molar-refractivity contribution in [1.82, 2.24) is 19.9 Å². The third-order valence-electron chi connectivity index (χ3n) is 9.23. The Labute approximate surface area is 294 Å².